The van der Waals surface area contributed by atoms with Crippen molar-refractivity contribution in [3.63, 3.8) is 0 Å². The van der Waals surface area contributed by atoms with Gasteiger partial charge in [-0.1, -0.05) is 45.0 Å². The van der Waals surface area contributed by atoms with Gasteiger partial charge in [0.1, 0.15) is 5.82 Å². The molecule has 3 rings (SSSR count). The van der Waals surface area contributed by atoms with Gasteiger partial charge in [0.05, 0.1) is 5.69 Å². The van der Waals surface area contributed by atoms with Crippen LogP contribution in [0.1, 0.15) is 49.8 Å². The molecule has 0 aliphatic carbocycles. The van der Waals surface area contributed by atoms with E-state index in [1.165, 1.54) is 16.9 Å². The lowest BCUT2D eigenvalue weighted by molar-refractivity contribution is -0.116. The summed E-state index contributed by atoms with van der Waals surface area (Å²) in [5.74, 6) is 0.403. The second-order valence-corrected chi connectivity index (χ2v) is 8.99. The monoisotopic (exact) mass is 410 g/mol. The highest BCUT2D eigenvalue weighted by molar-refractivity contribution is 7.14. The fourth-order valence-corrected chi connectivity index (χ4v) is 3.81. The number of aryl methyl sites for hydroxylation is 2. The van der Waals surface area contributed by atoms with Crippen LogP contribution < -0.4 is 10.9 Å². The molecule has 2 N–H and O–H groups in total. The Bertz CT molecular complexity index is 1080. The van der Waals surface area contributed by atoms with Crippen LogP contribution in [0, 0.1) is 13.8 Å². The van der Waals surface area contributed by atoms with Gasteiger partial charge < -0.3 is 10.3 Å². The van der Waals surface area contributed by atoms with Crippen LogP contribution in [0.4, 0.5) is 5.13 Å². The zero-order valence-corrected chi connectivity index (χ0v) is 18.2. The van der Waals surface area contributed by atoms with Crippen molar-refractivity contribution in [3.05, 3.63) is 62.6 Å². The van der Waals surface area contributed by atoms with E-state index in [-0.39, 0.29) is 23.3 Å². The van der Waals surface area contributed by atoms with E-state index >= 15 is 0 Å². The first-order valence-corrected chi connectivity index (χ1v) is 10.4. The van der Waals surface area contributed by atoms with E-state index < -0.39 is 0 Å². The molecule has 0 radical (unpaired) electrons. The second kappa shape index (κ2) is 8.29. The Balaban J connectivity index is 1.63. The maximum absolute atomic E-state index is 12.3. The van der Waals surface area contributed by atoms with Crippen LogP contribution in [0.25, 0.3) is 11.3 Å². The molecule has 1 aromatic carbocycles. The number of anilines is 1. The fourth-order valence-electron chi connectivity index (χ4n) is 3.07. The molecule has 2 aromatic heterocycles. The predicted molar refractivity (Wildman–Crippen MR) is 118 cm³/mol. The summed E-state index contributed by atoms with van der Waals surface area (Å²) >= 11 is 1.39. The molecule has 6 nitrogen and oxygen atoms in total. The molecule has 0 aliphatic rings. The van der Waals surface area contributed by atoms with Crippen LogP contribution in [0.5, 0.6) is 0 Å². The van der Waals surface area contributed by atoms with Gasteiger partial charge in [0.15, 0.2) is 5.13 Å². The summed E-state index contributed by atoms with van der Waals surface area (Å²) in [6, 6.07) is 8.34. The van der Waals surface area contributed by atoms with Crippen LogP contribution >= 0.6 is 11.3 Å². The molecule has 0 aliphatic heterocycles. The molecule has 3 aromatic rings. The minimum Gasteiger partial charge on any atom is -0.311 e. The van der Waals surface area contributed by atoms with Crippen molar-refractivity contribution in [2.75, 3.05) is 5.32 Å². The minimum atomic E-state index is -0.182. The lowest BCUT2D eigenvalue weighted by Gasteiger charge is -2.18. The SMILES string of the molecule is Cc1nc(C)c(CCC(=O)Nc2nc(-c3ccc(C(C)(C)C)cc3)cs2)c(=O)[nH]1. The van der Waals surface area contributed by atoms with Crippen molar-refractivity contribution in [2.24, 2.45) is 0 Å². The van der Waals surface area contributed by atoms with E-state index in [2.05, 4.69) is 65.3 Å². The maximum Gasteiger partial charge on any atom is 0.254 e. The Morgan fingerprint density at radius 3 is 2.45 bits per heavy atom. The van der Waals surface area contributed by atoms with Crippen molar-refractivity contribution in [2.45, 2.75) is 52.9 Å². The van der Waals surface area contributed by atoms with Crippen LogP contribution in [0.2, 0.25) is 0 Å². The molecular formula is C22H26N4O2S. The van der Waals surface area contributed by atoms with Gasteiger partial charge in [0.25, 0.3) is 5.56 Å². The minimum absolute atomic E-state index is 0.104. The Morgan fingerprint density at radius 1 is 1.14 bits per heavy atom. The van der Waals surface area contributed by atoms with Gasteiger partial charge in [-0.05, 0) is 31.2 Å². The zero-order valence-electron chi connectivity index (χ0n) is 17.4. The molecule has 0 spiro atoms. The van der Waals surface area contributed by atoms with E-state index in [0.29, 0.717) is 28.6 Å². The van der Waals surface area contributed by atoms with E-state index in [1.807, 2.05) is 5.38 Å². The highest BCUT2D eigenvalue weighted by Gasteiger charge is 2.14. The first-order valence-electron chi connectivity index (χ1n) is 9.56. The Hall–Kier alpha value is -2.80. The van der Waals surface area contributed by atoms with Crippen molar-refractivity contribution in [3.8, 4) is 11.3 Å². The summed E-state index contributed by atoms with van der Waals surface area (Å²) in [5.41, 5.74) is 4.24. The van der Waals surface area contributed by atoms with Crippen molar-refractivity contribution in [1.82, 2.24) is 15.0 Å². The molecule has 29 heavy (non-hydrogen) atoms. The Morgan fingerprint density at radius 2 is 1.83 bits per heavy atom. The summed E-state index contributed by atoms with van der Waals surface area (Å²) in [5, 5.41) is 5.31. The average molecular weight is 411 g/mol. The molecule has 0 atom stereocenters. The standard InChI is InChI=1S/C22H26N4O2S/c1-13-17(20(28)24-14(2)23-13)10-11-19(27)26-21-25-18(12-29-21)15-6-8-16(9-7-15)22(3,4)5/h6-9,12H,10-11H2,1-5H3,(H,23,24,28)(H,25,26,27). The molecule has 1 amide bonds. The number of carbonyl (C=O) groups is 1. The summed E-state index contributed by atoms with van der Waals surface area (Å²) < 4.78 is 0. The summed E-state index contributed by atoms with van der Waals surface area (Å²) in [7, 11) is 0. The smallest absolute Gasteiger partial charge is 0.254 e. The molecule has 0 unspecified atom stereocenters. The van der Waals surface area contributed by atoms with Gasteiger partial charge >= 0.3 is 0 Å². The number of nitrogens with one attached hydrogen (secondary N) is 2. The summed E-state index contributed by atoms with van der Waals surface area (Å²) in [6.07, 6.45) is 0.538. The van der Waals surface area contributed by atoms with Gasteiger partial charge in [-0.25, -0.2) is 9.97 Å². The number of hydrogen-bond acceptors (Lipinski definition) is 5. The molecule has 152 valence electrons. The molecular weight excluding hydrogens is 384 g/mol. The third kappa shape index (κ3) is 5.17. The lowest BCUT2D eigenvalue weighted by atomic mass is 9.86. The Kier molecular flexibility index (Phi) is 5.98. The molecule has 0 saturated heterocycles. The van der Waals surface area contributed by atoms with E-state index in [9.17, 15) is 9.59 Å². The molecule has 0 fully saturated rings. The van der Waals surface area contributed by atoms with E-state index in [0.717, 1.165) is 11.3 Å². The molecule has 0 saturated carbocycles. The number of carbonyl (C=O) groups excluding carboxylic acids is 1. The number of nitrogens with zero attached hydrogens (tertiary/aromatic N) is 2. The lowest BCUT2D eigenvalue weighted by Crippen LogP contribution is -2.20. The average Bonchev–Trinajstić information content (AvgIpc) is 3.08. The van der Waals surface area contributed by atoms with Crippen molar-refractivity contribution >= 4 is 22.4 Å². The maximum atomic E-state index is 12.3. The molecule has 0 bridgehead atoms. The second-order valence-electron chi connectivity index (χ2n) is 8.13. The Labute approximate surface area is 174 Å². The number of aromatic nitrogens is 3. The van der Waals surface area contributed by atoms with Gasteiger partial charge in [0.2, 0.25) is 5.91 Å². The van der Waals surface area contributed by atoms with Gasteiger partial charge in [-0.2, -0.15) is 0 Å². The third-order valence-electron chi connectivity index (χ3n) is 4.74. The topological polar surface area (TPSA) is 87.7 Å². The van der Waals surface area contributed by atoms with Gasteiger partial charge in [-0.15, -0.1) is 11.3 Å². The number of thiazole rings is 1. The largest absolute Gasteiger partial charge is 0.311 e. The van der Waals surface area contributed by atoms with Crippen LogP contribution in [0.3, 0.4) is 0 Å². The zero-order chi connectivity index (χ0) is 21.2. The number of benzene rings is 1. The normalized spacial score (nSPS) is 11.5. The van der Waals surface area contributed by atoms with Crippen molar-refractivity contribution in [1.29, 1.82) is 0 Å². The number of H-pyrrole nitrogens is 1. The van der Waals surface area contributed by atoms with Gasteiger partial charge in [0, 0.05) is 28.6 Å². The summed E-state index contributed by atoms with van der Waals surface area (Å²) in [4.78, 5) is 35.8. The molecule has 2 heterocycles. The van der Waals surface area contributed by atoms with Gasteiger partial charge in [-0.3, -0.25) is 9.59 Å². The predicted octanol–water partition coefficient (Wildman–Crippen LogP) is 4.38. The van der Waals surface area contributed by atoms with Crippen LogP contribution in [-0.2, 0) is 16.6 Å². The van der Waals surface area contributed by atoms with Crippen LogP contribution in [0.15, 0.2) is 34.4 Å². The highest BCUT2D eigenvalue weighted by atomic mass is 32.1. The molecule has 7 heteroatoms. The first kappa shape index (κ1) is 20.9. The highest BCUT2D eigenvalue weighted by Crippen LogP contribution is 2.28. The number of rotatable bonds is 5. The quantitative estimate of drug-likeness (QED) is 0.653. The summed E-state index contributed by atoms with van der Waals surface area (Å²) in [6.45, 7) is 10.1. The fraction of sp³-hybridized carbons (Fsp3) is 0.364. The van der Waals surface area contributed by atoms with Crippen LogP contribution in [-0.4, -0.2) is 20.9 Å². The van der Waals surface area contributed by atoms with Crippen molar-refractivity contribution < 1.29 is 4.79 Å². The first-order chi connectivity index (χ1) is 13.6. The number of amides is 1. The van der Waals surface area contributed by atoms with E-state index in [1.54, 1.807) is 13.8 Å². The number of hydrogen-bond donors (Lipinski definition) is 2. The van der Waals surface area contributed by atoms with E-state index in [4.69, 9.17) is 0 Å². The number of aromatic amines is 1. The third-order valence-corrected chi connectivity index (χ3v) is 5.50.